The summed E-state index contributed by atoms with van der Waals surface area (Å²) in [5.41, 5.74) is 3.16. The third-order valence-electron chi connectivity index (χ3n) is 4.85. The molecule has 0 aliphatic heterocycles. The second-order valence-electron chi connectivity index (χ2n) is 7.05. The monoisotopic (exact) mass is 466 g/mol. The second kappa shape index (κ2) is 9.56. The third-order valence-corrected chi connectivity index (χ3v) is 7.31. The summed E-state index contributed by atoms with van der Waals surface area (Å²) in [5, 5.41) is 2.83. The molecule has 1 amide bonds. The smallest absolute Gasteiger partial charge is 0.251 e. The molecule has 4 aromatic rings. The Hall–Kier alpha value is -3.14. The van der Waals surface area contributed by atoms with Crippen LogP contribution in [0.5, 0.6) is 0 Å². The minimum absolute atomic E-state index is 0.165. The second-order valence-corrected chi connectivity index (χ2v) is 9.98. The molecule has 0 unspecified atom stereocenters. The molecule has 0 bridgehead atoms. The van der Waals surface area contributed by atoms with E-state index in [1.807, 2.05) is 47.1 Å². The number of carbonyl (C=O) groups excluding carboxylic acids is 1. The third kappa shape index (κ3) is 5.18. The number of pyridine rings is 1. The van der Waals surface area contributed by atoms with E-state index < -0.39 is 10.0 Å². The quantitative estimate of drug-likeness (QED) is 0.388. The number of rotatable bonds is 8. The number of aromatic nitrogens is 2. The first-order valence-electron chi connectivity index (χ1n) is 9.91. The van der Waals surface area contributed by atoms with Gasteiger partial charge in [0.2, 0.25) is 10.0 Å². The Labute approximate surface area is 190 Å². The molecule has 164 valence electrons. The maximum absolute atomic E-state index is 12.5. The van der Waals surface area contributed by atoms with Gasteiger partial charge in [0, 0.05) is 35.2 Å². The molecule has 0 aliphatic carbocycles. The highest BCUT2D eigenvalue weighted by Crippen LogP contribution is 2.23. The van der Waals surface area contributed by atoms with Crippen LogP contribution in [-0.2, 0) is 22.3 Å². The summed E-state index contributed by atoms with van der Waals surface area (Å²) in [6, 6.07) is 19.8. The minimum atomic E-state index is -3.52. The van der Waals surface area contributed by atoms with Gasteiger partial charge >= 0.3 is 0 Å². The van der Waals surface area contributed by atoms with Crippen LogP contribution < -0.4 is 10.0 Å². The minimum Gasteiger partial charge on any atom is -0.348 e. The number of hydrogen-bond donors (Lipinski definition) is 2. The number of imidazole rings is 1. The van der Waals surface area contributed by atoms with Crippen molar-refractivity contribution in [3.05, 3.63) is 95.9 Å². The highest BCUT2D eigenvalue weighted by molar-refractivity contribution is 7.98. The number of benzene rings is 2. The summed E-state index contributed by atoms with van der Waals surface area (Å²) >= 11 is 1.66. The van der Waals surface area contributed by atoms with Crippen LogP contribution in [0.25, 0.3) is 5.65 Å². The van der Waals surface area contributed by atoms with Crippen molar-refractivity contribution in [1.82, 2.24) is 19.4 Å². The van der Waals surface area contributed by atoms with Crippen molar-refractivity contribution in [1.29, 1.82) is 0 Å². The molecule has 2 aromatic heterocycles. The predicted octanol–water partition coefficient (Wildman–Crippen LogP) is 3.46. The van der Waals surface area contributed by atoms with Crippen LogP contribution in [0.15, 0.2) is 88.9 Å². The van der Waals surface area contributed by atoms with Crippen LogP contribution in [0, 0.1) is 0 Å². The van der Waals surface area contributed by atoms with E-state index in [0.29, 0.717) is 11.1 Å². The van der Waals surface area contributed by atoms with Gasteiger partial charge in [-0.3, -0.25) is 4.79 Å². The van der Waals surface area contributed by atoms with Gasteiger partial charge in [0.1, 0.15) is 5.65 Å². The van der Waals surface area contributed by atoms with E-state index in [0.717, 1.165) is 22.0 Å². The maximum Gasteiger partial charge on any atom is 0.251 e. The van der Waals surface area contributed by atoms with Gasteiger partial charge < -0.3 is 9.72 Å². The van der Waals surface area contributed by atoms with Gasteiger partial charge in [-0.25, -0.2) is 18.1 Å². The van der Waals surface area contributed by atoms with E-state index in [1.165, 1.54) is 13.1 Å². The lowest BCUT2D eigenvalue weighted by atomic mass is 10.2. The van der Waals surface area contributed by atoms with E-state index in [9.17, 15) is 13.2 Å². The number of carbonyl (C=O) groups is 1. The summed E-state index contributed by atoms with van der Waals surface area (Å²) in [7, 11) is -2.16. The Bertz CT molecular complexity index is 1320. The lowest BCUT2D eigenvalue weighted by Gasteiger charge is -2.08. The van der Waals surface area contributed by atoms with Gasteiger partial charge in [-0.2, -0.15) is 0 Å². The first-order chi connectivity index (χ1) is 15.4. The van der Waals surface area contributed by atoms with E-state index >= 15 is 0 Å². The fraction of sp³-hybridized carbons (Fsp3) is 0.130. The lowest BCUT2D eigenvalue weighted by molar-refractivity contribution is 0.0951. The molecule has 0 atom stereocenters. The molecule has 9 heteroatoms. The van der Waals surface area contributed by atoms with Crippen molar-refractivity contribution in [2.24, 2.45) is 0 Å². The molecule has 4 rings (SSSR count). The van der Waals surface area contributed by atoms with E-state index in [1.54, 1.807) is 42.1 Å². The zero-order valence-electron chi connectivity index (χ0n) is 17.4. The number of hydrogen-bond acceptors (Lipinski definition) is 5. The van der Waals surface area contributed by atoms with Crippen LogP contribution >= 0.6 is 11.8 Å². The molecule has 0 saturated carbocycles. The molecule has 0 fully saturated rings. The van der Waals surface area contributed by atoms with Gasteiger partial charge in [0.05, 0.1) is 10.6 Å². The van der Waals surface area contributed by atoms with Crippen molar-refractivity contribution in [2.75, 3.05) is 7.05 Å². The molecular formula is C23H22N4O3S2. The highest BCUT2D eigenvalue weighted by Gasteiger charge is 2.12. The van der Waals surface area contributed by atoms with Crippen molar-refractivity contribution >= 4 is 33.3 Å². The van der Waals surface area contributed by atoms with Gasteiger partial charge in [0.15, 0.2) is 0 Å². The molecule has 2 aromatic carbocycles. The normalized spacial score (nSPS) is 11.5. The largest absolute Gasteiger partial charge is 0.348 e. The number of amides is 1. The fourth-order valence-corrected chi connectivity index (χ4v) is 4.72. The van der Waals surface area contributed by atoms with Crippen LogP contribution in [0.3, 0.4) is 0 Å². The van der Waals surface area contributed by atoms with Crippen molar-refractivity contribution in [3.8, 4) is 0 Å². The lowest BCUT2D eigenvalue weighted by Crippen LogP contribution is -2.23. The molecule has 2 N–H and O–H groups in total. The topological polar surface area (TPSA) is 92.6 Å². The summed E-state index contributed by atoms with van der Waals surface area (Å²) < 4.78 is 28.1. The van der Waals surface area contributed by atoms with Gasteiger partial charge in [0.25, 0.3) is 5.91 Å². The van der Waals surface area contributed by atoms with Crippen LogP contribution in [0.2, 0.25) is 0 Å². The Kier molecular flexibility index (Phi) is 6.59. The molecule has 0 spiro atoms. The van der Waals surface area contributed by atoms with Gasteiger partial charge in [-0.1, -0.05) is 18.2 Å². The molecule has 0 aliphatic rings. The average molecular weight is 467 g/mol. The Morgan fingerprint density at radius 1 is 1.06 bits per heavy atom. The van der Waals surface area contributed by atoms with Crippen molar-refractivity contribution in [3.63, 3.8) is 0 Å². The van der Waals surface area contributed by atoms with Crippen LogP contribution in [0.4, 0.5) is 0 Å². The maximum atomic E-state index is 12.5. The standard InChI is InChI=1S/C23H22N4O3S2/c1-24-32(29,30)21-6-4-5-17(13-21)14-25-23(28)18-8-10-20(11-9-18)31-16-19-15-27-12-3-2-7-22(27)26-19/h2-13,15,24H,14,16H2,1H3,(H,25,28). The zero-order chi connectivity index (χ0) is 22.6. The Morgan fingerprint density at radius 2 is 1.88 bits per heavy atom. The number of fused-ring (bicyclic) bond motifs is 1. The van der Waals surface area contributed by atoms with E-state index in [2.05, 4.69) is 15.0 Å². The summed E-state index contributed by atoms with van der Waals surface area (Å²) in [5.74, 6) is 0.516. The van der Waals surface area contributed by atoms with Gasteiger partial charge in [-0.15, -0.1) is 11.8 Å². The summed E-state index contributed by atoms with van der Waals surface area (Å²) in [6.07, 6.45) is 3.99. The van der Waals surface area contributed by atoms with E-state index in [4.69, 9.17) is 0 Å². The number of nitrogens with one attached hydrogen (secondary N) is 2. The summed E-state index contributed by atoms with van der Waals surface area (Å²) in [6.45, 7) is 0.232. The molecule has 32 heavy (non-hydrogen) atoms. The van der Waals surface area contributed by atoms with E-state index in [-0.39, 0.29) is 17.3 Å². The first-order valence-corrected chi connectivity index (χ1v) is 12.4. The predicted molar refractivity (Wildman–Crippen MR) is 125 cm³/mol. The summed E-state index contributed by atoms with van der Waals surface area (Å²) in [4.78, 5) is 18.3. The molecule has 0 radical (unpaired) electrons. The Balaban J connectivity index is 1.33. The fourth-order valence-electron chi connectivity index (χ4n) is 3.14. The molecule has 0 saturated heterocycles. The van der Waals surface area contributed by atoms with Gasteiger partial charge in [-0.05, 0) is 61.1 Å². The van der Waals surface area contributed by atoms with Crippen LogP contribution in [-0.4, -0.2) is 30.8 Å². The number of nitrogens with zero attached hydrogens (tertiary/aromatic N) is 2. The highest BCUT2D eigenvalue weighted by atomic mass is 32.2. The van der Waals surface area contributed by atoms with Crippen LogP contribution in [0.1, 0.15) is 21.6 Å². The molecular weight excluding hydrogens is 444 g/mol. The van der Waals surface area contributed by atoms with Crippen molar-refractivity contribution < 1.29 is 13.2 Å². The zero-order valence-corrected chi connectivity index (χ0v) is 19.0. The molecule has 2 heterocycles. The Morgan fingerprint density at radius 3 is 2.62 bits per heavy atom. The molecule has 7 nitrogen and oxygen atoms in total. The number of sulfonamides is 1. The van der Waals surface area contributed by atoms with Crippen molar-refractivity contribution in [2.45, 2.75) is 22.1 Å². The first kappa shape index (κ1) is 22.1. The number of thioether (sulfide) groups is 1. The SMILES string of the molecule is CNS(=O)(=O)c1cccc(CNC(=O)c2ccc(SCc3cn4ccccc4n3)cc2)c1. The average Bonchev–Trinajstić information content (AvgIpc) is 3.25.